The van der Waals surface area contributed by atoms with Crippen molar-refractivity contribution in [2.45, 2.75) is 23.6 Å². The summed E-state index contributed by atoms with van der Waals surface area (Å²) in [5, 5.41) is 0. The molecule has 1 atom stereocenters. The number of hydrogen-bond acceptors (Lipinski definition) is 4. The van der Waals surface area contributed by atoms with Gasteiger partial charge in [0.25, 0.3) is 0 Å². The van der Waals surface area contributed by atoms with Crippen LogP contribution in [0, 0.1) is 0 Å². The van der Waals surface area contributed by atoms with Gasteiger partial charge in [-0.3, -0.25) is 0 Å². The van der Waals surface area contributed by atoms with Crippen molar-refractivity contribution in [2.75, 3.05) is 18.5 Å². The summed E-state index contributed by atoms with van der Waals surface area (Å²) in [6.07, 6.45) is 0. The summed E-state index contributed by atoms with van der Waals surface area (Å²) in [5.74, 6) is -3.43. The van der Waals surface area contributed by atoms with Crippen LogP contribution in [0.25, 0.3) is 0 Å². The van der Waals surface area contributed by atoms with E-state index in [-0.39, 0.29) is 16.6 Å². The Hall–Kier alpha value is -1.21. The Morgan fingerprint density at radius 2 is 1.89 bits per heavy atom. The number of likely N-dealkylation sites (N-methyl/N-ethyl adjacent to an activating group) is 1. The van der Waals surface area contributed by atoms with Crippen molar-refractivity contribution in [1.29, 1.82) is 0 Å². The first-order valence-corrected chi connectivity index (χ1v) is 6.89. The van der Waals surface area contributed by atoms with Gasteiger partial charge in [-0.15, -0.1) is 0 Å². The number of nitrogens with zero attached hydrogens (tertiary/aromatic N) is 1. The number of sulfone groups is 1. The summed E-state index contributed by atoms with van der Waals surface area (Å²) >= 11 is 0. The summed E-state index contributed by atoms with van der Waals surface area (Å²) in [5.41, 5.74) is 5.84. The van der Waals surface area contributed by atoms with Crippen molar-refractivity contribution in [3.8, 4) is 0 Å². The minimum Gasteiger partial charge on any atom is -0.372 e. The number of alkyl halides is 2. The zero-order valence-electron chi connectivity index (χ0n) is 10.2. The highest BCUT2D eigenvalue weighted by Gasteiger charge is 2.29. The lowest BCUT2D eigenvalue weighted by Gasteiger charge is -2.23. The molecule has 102 valence electrons. The van der Waals surface area contributed by atoms with E-state index in [9.17, 15) is 17.2 Å². The zero-order chi connectivity index (χ0) is 13.9. The maximum absolute atomic E-state index is 12.6. The molecule has 1 unspecified atom stereocenters. The van der Waals surface area contributed by atoms with E-state index in [4.69, 9.17) is 5.73 Å². The molecule has 0 aliphatic rings. The molecule has 7 heteroatoms. The molecule has 0 radical (unpaired) electrons. The molecular weight excluding hydrogens is 262 g/mol. The SMILES string of the molecule is CC(N)CN(C)c1ccccc1S(=O)(=O)C(F)F. The van der Waals surface area contributed by atoms with Crippen molar-refractivity contribution in [2.24, 2.45) is 5.73 Å². The van der Waals surface area contributed by atoms with Crippen LogP contribution in [0.2, 0.25) is 0 Å². The smallest absolute Gasteiger partial charge is 0.341 e. The van der Waals surface area contributed by atoms with E-state index in [1.54, 1.807) is 24.9 Å². The monoisotopic (exact) mass is 278 g/mol. The lowest BCUT2D eigenvalue weighted by Crippen LogP contribution is -2.33. The van der Waals surface area contributed by atoms with E-state index in [1.807, 2.05) is 0 Å². The highest BCUT2D eigenvalue weighted by Crippen LogP contribution is 2.28. The fourth-order valence-corrected chi connectivity index (χ4v) is 2.61. The first-order valence-electron chi connectivity index (χ1n) is 5.34. The normalized spacial score (nSPS) is 13.7. The Bertz CT molecular complexity index is 504. The molecule has 1 aromatic carbocycles. The second-order valence-electron chi connectivity index (χ2n) is 4.13. The lowest BCUT2D eigenvalue weighted by atomic mass is 10.2. The van der Waals surface area contributed by atoms with Crippen LogP contribution in [-0.4, -0.2) is 33.8 Å². The average Bonchev–Trinajstić information content (AvgIpc) is 2.27. The molecule has 2 N–H and O–H groups in total. The fraction of sp³-hybridized carbons (Fsp3) is 0.455. The molecule has 0 aliphatic heterocycles. The van der Waals surface area contributed by atoms with Gasteiger partial charge in [-0.1, -0.05) is 12.1 Å². The van der Waals surface area contributed by atoms with Crippen LogP contribution in [0.3, 0.4) is 0 Å². The molecule has 0 saturated heterocycles. The first-order chi connectivity index (χ1) is 8.26. The van der Waals surface area contributed by atoms with Crippen molar-refractivity contribution in [3.05, 3.63) is 24.3 Å². The Morgan fingerprint density at radius 3 is 2.39 bits per heavy atom. The van der Waals surface area contributed by atoms with Gasteiger partial charge in [0.2, 0.25) is 9.84 Å². The van der Waals surface area contributed by atoms with Crippen LogP contribution in [0.5, 0.6) is 0 Å². The van der Waals surface area contributed by atoms with Crippen LogP contribution >= 0.6 is 0 Å². The summed E-state index contributed by atoms with van der Waals surface area (Å²) < 4.78 is 48.2. The first kappa shape index (κ1) is 14.8. The van der Waals surface area contributed by atoms with Gasteiger partial charge in [-0.25, -0.2) is 8.42 Å². The molecule has 1 aromatic rings. The van der Waals surface area contributed by atoms with Gasteiger partial charge in [-0.2, -0.15) is 8.78 Å². The van der Waals surface area contributed by atoms with Crippen LogP contribution in [0.15, 0.2) is 29.2 Å². The van der Waals surface area contributed by atoms with Crippen molar-refractivity contribution in [1.82, 2.24) is 0 Å². The minimum absolute atomic E-state index is 0.197. The Balaban J connectivity index is 3.23. The molecule has 0 spiro atoms. The van der Waals surface area contributed by atoms with E-state index in [2.05, 4.69) is 0 Å². The molecule has 0 aliphatic carbocycles. The highest BCUT2D eigenvalue weighted by molar-refractivity contribution is 7.91. The summed E-state index contributed by atoms with van der Waals surface area (Å²) in [4.78, 5) is 1.18. The Morgan fingerprint density at radius 1 is 1.33 bits per heavy atom. The molecular formula is C11H16F2N2O2S. The summed E-state index contributed by atoms with van der Waals surface area (Å²) in [7, 11) is -2.99. The van der Waals surface area contributed by atoms with Crippen molar-refractivity contribution < 1.29 is 17.2 Å². The topological polar surface area (TPSA) is 63.4 Å². The van der Waals surface area contributed by atoms with Crippen molar-refractivity contribution in [3.63, 3.8) is 0 Å². The second kappa shape index (κ2) is 5.62. The van der Waals surface area contributed by atoms with Gasteiger partial charge in [0, 0.05) is 19.6 Å². The third-order valence-corrected chi connectivity index (χ3v) is 3.81. The van der Waals surface area contributed by atoms with Crippen LogP contribution < -0.4 is 10.6 Å². The summed E-state index contributed by atoms with van der Waals surface area (Å²) in [6, 6.07) is 5.47. The predicted octanol–water partition coefficient (Wildman–Crippen LogP) is 1.47. The second-order valence-corrected chi connectivity index (χ2v) is 6.02. The minimum atomic E-state index is -4.60. The number of rotatable bonds is 5. The number of hydrogen-bond donors (Lipinski definition) is 1. The lowest BCUT2D eigenvalue weighted by molar-refractivity contribution is 0.235. The quantitative estimate of drug-likeness (QED) is 0.886. The molecule has 0 heterocycles. The highest BCUT2D eigenvalue weighted by atomic mass is 32.2. The zero-order valence-corrected chi connectivity index (χ0v) is 11.0. The number of para-hydroxylation sites is 1. The molecule has 0 saturated carbocycles. The van der Waals surface area contributed by atoms with Gasteiger partial charge >= 0.3 is 5.76 Å². The molecule has 0 bridgehead atoms. The third kappa shape index (κ3) is 3.17. The van der Waals surface area contributed by atoms with Crippen molar-refractivity contribution >= 4 is 15.5 Å². The van der Waals surface area contributed by atoms with E-state index in [0.717, 1.165) is 0 Å². The van der Waals surface area contributed by atoms with Gasteiger partial charge in [-0.05, 0) is 19.1 Å². The standard InChI is InChI=1S/C11H16F2N2O2S/c1-8(14)7-15(2)9-5-3-4-6-10(9)18(16,17)11(12)13/h3-6,8,11H,7,14H2,1-2H3. The number of nitrogens with two attached hydrogens (primary N) is 1. The summed E-state index contributed by atoms with van der Waals surface area (Å²) in [6.45, 7) is 2.12. The van der Waals surface area contributed by atoms with E-state index in [1.165, 1.54) is 18.2 Å². The molecule has 0 aromatic heterocycles. The van der Waals surface area contributed by atoms with Gasteiger partial charge in [0.15, 0.2) is 0 Å². The number of halogens is 2. The molecule has 1 rings (SSSR count). The molecule has 0 fully saturated rings. The molecule has 0 amide bonds. The van der Waals surface area contributed by atoms with Gasteiger partial charge in [0.05, 0.1) is 10.6 Å². The number of benzene rings is 1. The largest absolute Gasteiger partial charge is 0.372 e. The average molecular weight is 278 g/mol. The predicted molar refractivity (Wildman–Crippen MR) is 66.6 cm³/mol. The van der Waals surface area contributed by atoms with Crippen LogP contribution in [0.4, 0.5) is 14.5 Å². The number of anilines is 1. The van der Waals surface area contributed by atoms with Crippen LogP contribution in [-0.2, 0) is 9.84 Å². The van der Waals surface area contributed by atoms with Crippen LogP contribution in [0.1, 0.15) is 6.92 Å². The van der Waals surface area contributed by atoms with E-state index >= 15 is 0 Å². The maximum Gasteiger partial charge on any atom is 0.341 e. The Kier molecular flexibility index (Phi) is 4.64. The van der Waals surface area contributed by atoms with Gasteiger partial charge in [0.1, 0.15) is 0 Å². The molecule has 4 nitrogen and oxygen atoms in total. The van der Waals surface area contributed by atoms with Gasteiger partial charge < -0.3 is 10.6 Å². The third-order valence-electron chi connectivity index (χ3n) is 2.38. The Labute approximate surface area is 105 Å². The maximum atomic E-state index is 12.6. The van der Waals surface area contributed by atoms with E-state index < -0.39 is 15.6 Å². The van der Waals surface area contributed by atoms with E-state index in [0.29, 0.717) is 6.54 Å². The fourth-order valence-electron chi connectivity index (χ4n) is 1.64. The molecule has 18 heavy (non-hydrogen) atoms.